The summed E-state index contributed by atoms with van der Waals surface area (Å²) in [7, 11) is 0. The molecule has 0 aliphatic rings. The molecule has 1 atom stereocenters. The molecule has 0 fully saturated rings. The Hall–Kier alpha value is -1.33. The van der Waals surface area contributed by atoms with Gasteiger partial charge in [0.2, 0.25) is 0 Å². The van der Waals surface area contributed by atoms with Crippen molar-refractivity contribution in [3.05, 3.63) is 40.6 Å². The number of nitrogens with zero attached hydrogens (tertiary/aromatic N) is 2. The van der Waals surface area contributed by atoms with Gasteiger partial charge in [-0.3, -0.25) is 4.68 Å². The van der Waals surface area contributed by atoms with E-state index in [-0.39, 0.29) is 0 Å². The molecule has 1 aromatic carbocycles. The second-order valence-corrected chi connectivity index (χ2v) is 4.85. The maximum atomic E-state index is 9.54. The minimum Gasteiger partial charge on any atom is -0.454 e. The van der Waals surface area contributed by atoms with Crippen LogP contribution in [0.25, 0.3) is 0 Å². The van der Waals surface area contributed by atoms with Gasteiger partial charge in [0, 0.05) is 11.0 Å². The van der Waals surface area contributed by atoms with E-state index >= 15 is 0 Å². The molecule has 0 saturated heterocycles. The molecule has 0 bridgehead atoms. The highest BCUT2D eigenvalue weighted by Crippen LogP contribution is 2.29. The van der Waals surface area contributed by atoms with Crippen LogP contribution in [-0.4, -0.2) is 14.9 Å². The molecule has 4 nitrogen and oxygen atoms in total. The highest BCUT2D eigenvalue weighted by atomic mass is 79.9. The summed E-state index contributed by atoms with van der Waals surface area (Å²) in [4.78, 5) is 0. The first-order valence-corrected chi connectivity index (χ1v) is 6.57. The molecule has 5 heteroatoms. The molecule has 18 heavy (non-hydrogen) atoms. The lowest BCUT2D eigenvalue weighted by molar-refractivity contribution is 0.198. The van der Waals surface area contributed by atoms with Gasteiger partial charge in [-0.1, -0.05) is 22.0 Å². The topological polar surface area (TPSA) is 47.3 Å². The number of benzene rings is 1. The lowest BCUT2D eigenvalue weighted by Crippen LogP contribution is -1.93. The van der Waals surface area contributed by atoms with Crippen LogP contribution in [0.5, 0.6) is 11.5 Å². The van der Waals surface area contributed by atoms with E-state index in [0.717, 1.165) is 16.6 Å². The van der Waals surface area contributed by atoms with Crippen molar-refractivity contribution in [3.8, 4) is 11.5 Å². The van der Waals surface area contributed by atoms with E-state index < -0.39 is 6.10 Å². The van der Waals surface area contributed by atoms with Crippen molar-refractivity contribution >= 4 is 15.9 Å². The third kappa shape index (κ3) is 2.91. The molecule has 2 aromatic rings. The zero-order chi connectivity index (χ0) is 13.1. The van der Waals surface area contributed by atoms with E-state index in [9.17, 15) is 5.11 Å². The van der Waals surface area contributed by atoms with Crippen LogP contribution in [0.2, 0.25) is 0 Å². The van der Waals surface area contributed by atoms with Gasteiger partial charge in [0.05, 0.1) is 18.5 Å². The third-order valence-corrected chi connectivity index (χ3v) is 3.28. The predicted molar refractivity (Wildman–Crippen MR) is 72.8 cm³/mol. The fourth-order valence-electron chi connectivity index (χ4n) is 1.62. The summed E-state index contributed by atoms with van der Waals surface area (Å²) in [5.74, 6) is 1.41. The average molecular weight is 311 g/mol. The number of aromatic nitrogens is 2. The Morgan fingerprint density at radius 1 is 1.44 bits per heavy atom. The molecule has 0 aliphatic heterocycles. The van der Waals surface area contributed by atoms with Crippen molar-refractivity contribution < 1.29 is 9.84 Å². The largest absolute Gasteiger partial charge is 0.454 e. The Balaban J connectivity index is 2.17. The van der Waals surface area contributed by atoms with Crippen molar-refractivity contribution in [1.29, 1.82) is 0 Å². The summed E-state index contributed by atoms with van der Waals surface area (Å²) < 4.78 is 8.31. The predicted octanol–water partition coefficient (Wildman–Crippen LogP) is 3.51. The molecule has 0 amide bonds. The second-order valence-electron chi connectivity index (χ2n) is 3.99. The van der Waals surface area contributed by atoms with Gasteiger partial charge in [0.25, 0.3) is 0 Å². The molecule has 1 unspecified atom stereocenters. The molecule has 1 heterocycles. The monoisotopic (exact) mass is 310 g/mol. The highest BCUT2D eigenvalue weighted by molar-refractivity contribution is 9.10. The smallest absolute Gasteiger partial charge is 0.165 e. The summed E-state index contributed by atoms with van der Waals surface area (Å²) in [6.07, 6.45) is 3.02. The fraction of sp³-hybridized carbons (Fsp3) is 0.308. The molecule has 96 valence electrons. The molecular formula is C13H15BrN2O2. The number of aryl methyl sites for hydroxylation is 1. The van der Waals surface area contributed by atoms with E-state index in [1.165, 1.54) is 0 Å². The van der Waals surface area contributed by atoms with Crippen LogP contribution >= 0.6 is 15.9 Å². The maximum absolute atomic E-state index is 9.54. The number of ether oxygens (including phenoxy) is 1. The SMILES string of the molecule is CCn1cc(Oc2ccc(C(C)O)c(Br)c2)cn1. The van der Waals surface area contributed by atoms with Gasteiger partial charge in [-0.05, 0) is 31.5 Å². The molecule has 0 radical (unpaired) electrons. The molecule has 0 saturated carbocycles. The molecular weight excluding hydrogens is 296 g/mol. The normalized spacial score (nSPS) is 12.4. The Morgan fingerprint density at radius 2 is 2.22 bits per heavy atom. The van der Waals surface area contributed by atoms with Gasteiger partial charge >= 0.3 is 0 Å². The van der Waals surface area contributed by atoms with Crippen molar-refractivity contribution in [2.75, 3.05) is 0 Å². The van der Waals surface area contributed by atoms with Gasteiger partial charge in [0.15, 0.2) is 5.75 Å². The van der Waals surface area contributed by atoms with Crippen LogP contribution in [0, 0.1) is 0 Å². The molecule has 0 aliphatic carbocycles. The molecule has 1 aromatic heterocycles. The lowest BCUT2D eigenvalue weighted by atomic mass is 10.1. The first kappa shape index (κ1) is 13.1. The van der Waals surface area contributed by atoms with Crippen molar-refractivity contribution in [1.82, 2.24) is 9.78 Å². The van der Waals surface area contributed by atoms with Crippen LogP contribution in [0.15, 0.2) is 35.1 Å². The average Bonchev–Trinajstić information content (AvgIpc) is 2.76. The van der Waals surface area contributed by atoms with E-state index in [4.69, 9.17) is 4.74 Å². The van der Waals surface area contributed by atoms with Crippen molar-refractivity contribution in [3.63, 3.8) is 0 Å². The Bertz CT molecular complexity index is 538. The zero-order valence-corrected chi connectivity index (χ0v) is 11.9. The number of hydrogen-bond donors (Lipinski definition) is 1. The standard InChI is InChI=1S/C13H15BrN2O2/c1-3-16-8-11(7-15-16)18-10-4-5-12(9(2)17)13(14)6-10/h4-9,17H,3H2,1-2H3. The number of hydrogen-bond acceptors (Lipinski definition) is 3. The highest BCUT2D eigenvalue weighted by Gasteiger charge is 2.08. The Kier molecular flexibility index (Phi) is 4.04. The summed E-state index contributed by atoms with van der Waals surface area (Å²) >= 11 is 3.42. The van der Waals surface area contributed by atoms with E-state index in [1.807, 2.05) is 31.3 Å². The number of aliphatic hydroxyl groups excluding tert-OH is 1. The first-order chi connectivity index (χ1) is 8.60. The second kappa shape index (κ2) is 5.54. The van der Waals surface area contributed by atoms with Crippen LogP contribution in [0.1, 0.15) is 25.5 Å². The van der Waals surface area contributed by atoms with Gasteiger partial charge in [-0.2, -0.15) is 5.10 Å². The number of aliphatic hydroxyl groups is 1. The number of halogens is 1. The van der Waals surface area contributed by atoms with E-state index in [2.05, 4.69) is 21.0 Å². The van der Waals surface area contributed by atoms with Gasteiger partial charge in [-0.15, -0.1) is 0 Å². The minimum atomic E-state index is -0.503. The minimum absolute atomic E-state index is 0.503. The van der Waals surface area contributed by atoms with E-state index in [0.29, 0.717) is 11.5 Å². The van der Waals surface area contributed by atoms with Crippen LogP contribution in [-0.2, 0) is 6.54 Å². The lowest BCUT2D eigenvalue weighted by Gasteiger charge is -2.09. The van der Waals surface area contributed by atoms with Gasteiger partial charge in [-0.25, -0.2) is 0 Å². The first-order valence-electron chi connectivity index (χ1n) is 5.78. The molecule has 0 spiro atoms. The molecule has 1 N–H and O–H groups in total. The number of rotatable bonds is 4. The van der Waals surface area contributed by atoms with Crippen LogP contribution in [0.4, 0.5) is 0 Å². The van der Waals surface area contributed by atoms with Gasteiger partial charge < -0.3 is 9.84 Å². The van der Waals surface area contributed by atoms with Crippen molar-refractivity contribution in [2.24, 2.45) is 0 Å². The summed E-state index contributed by atoms with van der Waals surface area (Å²) in [6.45, 7) is 4.56. The summed E-state index contributed by atoms with van der Waals surface area (Å²) in [6, 6.07) is 5.51. The maximum Gasteiger partial charge on any atom is 0.165 e. The Morgan fingerprint density at radius 3 is 2.78 bits per heavy atom. The Labute approximate surface area is 114 Å². The summed E-state index contributed by atoms with van der Waals surface area (Å²) in [5.41, 5.74) is 0.839. The van der Waals surface area contributed by atoms with Crippen LogP contribution < -0.4 is 4.74 Å². The quantitative estimate of drug-likeness (QED) is 0.940. The van der Waals surface area contributed by atoms with Crippen LogP contribution in [0.3, 0.4) is 0 Å². The third-order valence-electron chi connectivity index (χ3n) is 2.59. The summed E-state index contributed by atoms with van der Waals surface area (Å²) in [5, 5.41) is 13.7. The zero-order valence-electron chi connectivity index (χ0n) is 10.3. The van der Waals surface area contributed by atoms with Crippen molar-refractivity contribution in [2.45, 2.75) is 26.5 Å². The fourth-order valence-corrected chi connectivity index (χ4v) is 2.31. The van der Waals surface area contributed by atoms with Gasteiger partial charge in [0.1, 0.15) is 5.75 Å². The molecule has 2 rings (SSSR count). The van der Waals surface area contributed by atoms with E-state index in [1.54, 1.807) is 17.8 Å².